The van der Waals surface area contributed by atoms with Gasteiger partial charge in [-0.1, -0.05) is 30.3 Å². The summed E-state index contributed by atoms with van der Waals surface area (Å²) in [7, 11) is 1.71. The number of hydrogen-bond donors (Lipinski definition) is 2. The predicted molar refractivity (Wildman–Crippen MR) is 94.9 cm³/mol. The molecule has 3 rings (SSSR count). The van der Waals surface area contributed by atoms with Crippen LogP contribution in [0.1, 0.15) is 16.1 Å². The summed E-state index contributed by atoms with van der Waals surface area (Å²) in [6.45, 7) is 0. The normalized spacial score (nSPS) is 10.6. The van der Waals surface area contributed by atoms with Crippen LogP contribution >= 0.6 is 0 Å². The zero-order chi connectivity index (χ0) is 18.0. The lowest BCUT2D eigenvalue weighted by molar-refractivity contribution is -0.136. The highest BCUT2D eigenvalue weighted by Crippen LogP contribution is 2.18. The van der Waals surface area contributed by atoms with E-state index in [9.17, 15) is 14.4 Å². The minimum absolute atomic E-state index is 0.201. The van der Waals surface area contributed by atoms with Crippen LogP contribution in [0.15, 0.2) is 59.4 Å². The molecule has 1 amide bonds. The van der Waals surface area contributed by atoms with Gasteiger partial charge in [-0.3, -0.25) is 14.4 Å². The Hall–Kier alpha value is -3.41. The third kappa shape index (κ3) is 3.28. The standard InChI is InChI=1S/C19H16N2O4/c1-21-15-9-5-3-7-13(15)17(22)11-16(21)19(25)20-14-8-4-2-6-12(14)10-18(23)24/h2-9,11H,10H2,1H3,(H,20,25)(H,23,24). The molecule has 6 heteroatoms. The Kier molecular flexibility index (Phi) is 4.35. The quantitative estimate of drug-likeness (QED) is 0.766. The molecule has 126 valence electrons. The third-order valence-corrected chi connectivity index (χ3v) is 4.00. The molecule has 0 radical (unpaired) electrons. The molecule has 0 unspecified atom stereocenters. The fourth-order valence-electron chi connectivity index (χ4n) is 2.77. The van der Waals surface area contributed by atoms with Gasteiger partial charge in [0.05, 0.1) is 11.9 Å². The summed E-state index contributed by atoms with van der Waals surface area (Å²) in [5.41, 5.74) is 1.52. The molecule has 0 spiro atoms. The molecular weight excluding hydrogens is 320 g/mol. The molecule has 0 bridgehead atoms. The average Bonchev–Trinajstić information content (AvgIpc) is 2.59. The van der Waals surface area contributed by atoms with E-state index < -0.39 is 11.9 Å². The second-order valence-electron chi connectivity index (χ2n) is 5.65. The van der Waals surface area contributed by atoms with Crippen LogP contribution in [0.4, 0.5) is 5.69 Å². The largest absolute Gasteiger partial charge is 0.481 e. The first-order valence-electron chi connectivity index (χ1n) is 7.67. The Morgan fingerprint density at radius 2 is 1.76 bits per heavy atom. The lowest BCUT2D eigenvalue weighted by Gasteiger charge is -2.14. The lowest BCUT2D eigenvalue weighted by atomic mass is 10.1. The van der Waals surface area contributed by atoms with Gasteiger partial charge in [0, 0.05) is 24.2 Å². The predicted octanol–water partition coefficient (Wildman–Crippen LogP) is 2.42. The van der Waals surface area contributed by atoms with Crippen molar-refractivity contribution in [2.75, 3.05) is 5.32 Å². The molecule has 1 heterocycles. The number of aliphatic carboxylic acids is 1. The highest BCUT2D eigenvalue weighted by molar-refractivity contribution is 6.05. The Labute approximate surface area is 143 Å². The number of anilines is 1. The number of nitrogens with zero attached hydrogens (tertiary/aromatic N) is 1. The van der Waals surface area contributed by atoms with Crippen molar-refractivity contribution in [1.82, 2.24) is 4.57 Å². The number of carbonyl (C=O) groups is 2. The van der Waals surface area contributed by atoms with Crippen molar-refractivity contribution < 1.29 is 14.7 Å². The molecule has 0 atom stereocenters. The number of carbonyl (C=O) groups excluding carboxylic acids is 1. The Morgan fingerprint density at radius 3 is 2.52 bits per heavy atom. The van der Waals surface area contributed by atoms with E-state index >= 15 is 0 Å². The Bertz CT molecular complexity index is 1040. The SMILES string of the molecule is Cn1c(C(=O)Nc2ccccc2CC(=O)O)cc(=O)c2ccccc21. The van der Waals surface area contributed by atoms with Crippen molar-refractivity contribution in [2.45, 2.75) is 6.42 Å². The molecule has 0 fully saturated rings. The van der Waals surface area contributed by atoms with Crippen LogP contribution in [0.5, 0.6) is 0 Å². The van der Waals surface area contributed by atoms with E-state index in [1.807, 2.05) is 0 Å². The highest BCUT2D eigenvalue weighted by atomic mass is 16.4. The molecule has 2 aromatic carbocycles. The van der Waals surface area contributed by atoms with Crippen LogP contribution in [-0.4, -0.2) is 21.6 Å². The summed E-state index contributed by atoms with van der Waals surface area (Å²) in [5, 5.41) is 12.2. The summed E-state index contributed by atoms with van der Waals surface area (Å²) < 4.78 is 1.64. The summed E-state index contributed by atoms with van der Waals surface area (Å²) in [5.74, 6) is -1.46. The number of amides is 1. The topological polar surface area (TPSA) is 88.4 Å². The first kappa shape index (κ1) is 16.4. The van der Waals surface area contributed by atoms with Gasteiger partial charge in [0.2, 0.25) is 0 Å². The van der Waals surface area contributed by atoms with Gasteiger partial charge >= 0.3 is 5.97 Å². The van der Waals surface area contributed by atoms with Gasteiger partial charge in [-0.05, 0) is 23.8 Å². The van der Waals surface area contributed by atoms with Gasteiger partial charge in [-0.2, -0.15) is 0 Å². The van der Waals surface area contributed by atoms with Crippen LogP contribution in [0, 0.1) is 0 Å². The van der Waals surface area contributed by atoms with E-state index in [1.54, 1.807) is 60.1 Å². The van der Waals surface area contributed by atoms with E-state index in [-0.39, 0.29) is 17.5 Å². The molecule has 0 aliphatic heterocycles. The number of aromatic nitrogens is 1. The van der Waals surface area contributed by atoms with E-state index in [0.717, 1.165) is 0 Å². The first-order chi connectivity index (χ1) is 12.0. The van der Waals surface area contributed by atoms with E-state index in [0.29, 0.717) is 22.2 Å². The Morgan fingerprint density at radius 1 is 1.08 bits per heavy atom. The van der Waals surface area contributed by atoms with Gasteiger partial charge in [0.25, 0.3) is 5.91 Å². The minimum Gasteiger partial charge on any atom is -0.481 e. The molecule has 0 aliphatic carbocycles. The number of carboxylic acid groups (broad SMARTS) is 1. The number of aryl methyl sites for hydroxylation is 1. The maximum atomic E-state index is 12.7. The molecule has 25 heavy (non-hydrogen) atoms. The van der Waals surface area contributed by atoms with Gasteiger partial charge < -0.3 is 15.0 Å². The van der Waals surface area contributed by atoms with Gasteiger partial charge in [0.1, 0.15) is 5.69 Å². The van der Waals surface area contributed by atoms with Crippen molar-refractivity contribution in [2.24, 2.45) is 7.05 Å². The fraction of sp³-hybridized carbons (Fsp3) is 0.105. The maximum Gasteiger partial charge on any atom is 0.307 e. The summed E-state index contributed by atoms with van der Waals surface area (Å²) in [6, 6.07) is 15.0. The van der Waals surface area contributed by atoms with Crippen LogP contribution in [0.2, 0.25) is 0 Å². The molecule has 2 N–H and O–H groups in total. The Balaban J connectivity index is 2.01. The first-order valence-corrected chi connectivity index (χ1v) is 7.67. The molecule has 3 aromatic rings. The van der Waals surface area contributed by atoms with Gasteiger partial charge in [-0.25, -0.2) is 0 Å². The number of benzene rings is 2. The monoisotopic (exact) mass is 336 g/mol. The second kappa shape index (κ2) is 6.60. The summed E-state index contributed by atoms with van der Waals surface area (Å²) >= 11 is 0. The number of hydrogen-bond acceptors (Lipinski definition) is 3. The zero-order valence-electron chi connectivity index (χ0n) is 13.5. The van der Waals surface area contributed by atoms with Crippen LogP contribution in [0.25, 0.3) is 10.9 Å². The number of para-hydroxylation sites is 2. The van der Waals surface area contributed by atoms with Crippen molar-refractivity contribution >= 4 is 28.5 Å². The molecule has 6 nitrogen and oxygen atoms in total. The number of pyridine rings is 1. The number of carboxylic acids is 1. The number of rotatable bonds is 4. The molecule has 0 saturated carbocycles. The van der Waals surface area contributed by atoms with Crippen LogP contribution < -0.4 is 10.7 Å². The summed E-state index contributed by atoms with van der Waals surface area (Å²) in [4.78, 5) is 35.9. The van der Waals surface area contributed by atoms with E-state index in [4.69, 9.17) is 5.11 Å². The highest BCUT2D eigenvalue weighted by Gasteiger charge is 2.15. The number of fused-ring (bicyclic) bond motifs is 1. The third-order valence-electron chi connectivity index (χ3n) is 4.00. The fourth-order valence-corrected chi connectivity index (χ4v) is 2.77. The van der Waals surface area contributed by atoms with Crippen molar-refractivity contribution in [3.63, 3.8) is 0 Å². The molecule has 0 aliphatic rings. The molecular formula is C19H16N2O4. The second-order valence-corrected chi connectivity index (χ2v) is 5.65. The van der Waals surface area contributed by atoms with E-state index in [2.05, 4.69) is 5.32 Å². The van der Waals surface area contributed by atoms with Crippen LogP contribution in [-0.2, 0) is 18.3 Å². The average molecular weight is 336 g/mol. The van der Waals surface area contributed by atoms with Gasteiger partial charge in [-0.15, -0.1) is 0 Å². The van der Waals surface area contributed by atoms with E-state index in [1.165, 1.54) is 6.07 Å². The van der Waals surface area contributed by atoms with Crippen molar-refractivity contribution in [1.29, 1.82) is 0 Å². The van der Waals surface area contributed by atoms with Crippen LogP contribution in [0.3, 0.4) is 0 Å². The molecule has 1 aromatic heterocycles. The smallest absolute Gasteiger partial charge is 0.307 e. The number of nitrogens with one attached hydrogen (secondary N) is 1. The minimum atomic E-state index is -0.986. The van der Waals surface area contributed by atoms with Crippen molar-refractivity contribution in [3.05, 3.63) is 76.1 Å². The van der Waals surface area contributed by atoms with Gasteiger partial charge in [0.15, 0.2) is 5.43 Å². The molecule has 0 saturated heterocycles. The van der Waals surface area contributed by atoms with Crippen molar-refractivity contribution in [3.8, 4) is 0 Å². The maximum absolute atomic E-state index is 12.7. The lowest BCUT2D eigenvalue weighted by Crippen LogP contribution is -2.22. The summed E-state index contributed by atoms with van der Waals surface area (Å²) in [6.07, 6.45) is -0.201. The zero-order valence-corrected chi connectivity index (χ0v) is 13.5.